The van der Waals surface area contributed by atoms with Gasteiger partial charge in [-0.15, -0.1) is 11.3 Å². The van der Waals surface area contributed by atoms with E-state index in [2.05, 4.69) is 15.0 Å². The summed E-state index contributed by atoms with van der Waals surface area (Å²) in [5.74, 6) is -3.91. The number of aromatic nitrogens is 1. The number of carbonyl (C=O) groups is 2. The number of likely N-dealkylation sites (tertiary alicyclic amines) is 1. The summed E-state index contributed by atoms with van der Waals surface area (Å²) in [7, 11) is 0. The van der Waals surface area contributed by atoms with Crippen LogP contribution in [0.4, 0.5) is 26.7 Å². The van der Waals surface area contributed by atoms with Crippen LogP contribution in [0.1, 0.15) is 26.7 Å². The van der Waals surface area contributed by atoms with Crippen LogP contribution in [0.25, 0.3) is 11.0 Å². The first-order valence-corrected chi connectivity index (χ1v) is 11.4. The molecule has 1 aliphatic rings. The molecule has 0 spiro atoms. The number of nitrogens with zero attached hydrogens (tertiary/aromatic N) is 2. The number of halogens is 5. The van der Waals surface area contributed by atoms with Gasteiger partial charge in [0, 0.05) is 5.39 Å². The third kappa shape index (κ3) is 5.53. The molecule has 3 heterocycles. The van der Waals surface area contributed by atoms with Crippen molar-refractivity contribution in [3.05, 3.63) is 45.6 Å². The van der Waals surface area contributed by atoms with Gasteiger partial charge in [0.05, 0.1) is 34.7 Å². The van der Waals surface area contributed by atoms with Gasteiger partial charge in [-0.3, -0.25) is 9.69 Å². The molecule has 36 heavy (non-hydrogen) atoms. The number of aryl methyl sites for hydroxylation is 2. The molecule has 2 amide bonds. The van der Waals surface area contributed by atoms with E-state index >= 15 is 0 Å². The van der Waals surface area contributed by atoms with Crippen molar-refractivity contribution in [3.8, 4) is 5.75 Å². The number of thiazole rings is 1. The summed E-state index contributed by atoms with van der Waals surface area (Å²) >= 11 is 1.43. The lowest BCUT2D eigenvalue weighted by atomic mass is 10.1. The van der Waals surface area contributed by atoms with Crippen molar-refractivity contribution < 1.29 is 45.4 Å². The van der Waals surface area contributed by atoms with Crippen LogP contribution >= 0.6 is 11.3 Å². The van der Waals surface area contributed by atoms with E-state index in [0.29, 0.717) is 21.6 Å². The van der Waals surface area contributed by atoms with Crippen LogP contribution in [0, 0.1) is 13.8 Å². The third-order valence-electron chi connectivity index (χ3n) is 5.51. The molecule has 3 aromatic rings. The van der Waals surface area contributed by atoms with Gasteiger partial charge in [-0.05, 0) is 32.0 Å². The maximum absolute atomic E-state index is 14.5. The Bertz CT molecular complexity index is 1290. The Morgan fingerprint density at radius 1 is 1.31 bits per heavy atom. The number of ether oxygens (including phenoxy) is 2. The van der Waals surface area contributed by atoms with Gasteiger partial charge in [0.25, 0.3) is 11.8 Å². The van der Waals surface area contributed by atoms with Crippen LogP contribution in [0.2, 0.25) is 0 Å². The molecule has 0 bridgehead atoms. The number of hydrogen-bond acceptors (Lipinski definition) is 7. The molecule has 1 aliphatic heterocycles. The molecule has 0 aliphatic carbocycles. The molecule has 8 nitrogen and oxygen atoms in total. The van der Waals surface area contributed by atoms with Gasteiger partial charge in [0.1, 0.15) is 29.7 Å². The van der Waals surface area contributed by atoms with Gasteiger partial charge in [0.15, 0.2) is 6.61 Å². The van der Waals surface area contributed by atoms with Crippen molar-refractivity contribution in [3.63, 3.8) is 0 Å². The van der Waals surface area contributed by atoms with Gasteiger partial charge in [-0.25, -0.2) is 18.6 Å². The SMILES string of the molecule is Cc1ncsc1COc1ccc2oc(C)c(C(=O)NC3CN(C(=O)OCC(F)(F)F)CC3(F)F)c2c1. The van der Waals surface area contributed by atoms with Crippen molar-refractivity contribution in [1.29, 1.82) is 0 Å². The lowest BCUT2D eigenvalue weighted by Gasteiger charge is -2.18. The highest BCUT2D eigenvalue weighted by molar-refractivity contribution is 7.09. The van der Waals surface area contributed by atoms with Crippen LogP contribution in [0.15, 0.2) is 28.1 Å². The molecule has 2 aromatic heterocycles. The van der Waals surface area contributed by atoms with Crippen molar-refractivity contribution in [2.75, 3.05) is 19.7 Å². The van der Waals surface area contributed by atoms with E-state index in [0.717, 1.165) is 10.6 Å². The summed E-state index contributed by atoms with van der Waals surface area (Å²) < 4.78 is 81.2. The smallest absolute Gasteiger partial charge is 0.422 e. The normalized spacial score (nSPS) is 17.4. The molecule has 0 saturated carbocycles. The topological polar surface area (TPSA) is 93.9 Å². The van der Waals surface area contributed by atoms with Gasteiger partial charge in [-0.2, -0.15) is 13.2 Å². The molecule has 1 aromatic carbocycles. The minimum Gasteiger partial charge on any atom is -0.488 e. The summed E-state index contributed by atoms with van der Waals surface area (Å²) in [6.45, 7) is -0.255. The quantitative estimate of drug-likeness (QED) is 0.456. The summed E-state index contributed by atoms with van der Waals surface area (Å²) in [6.07, 6.45) is -6.35. The number of rotatable bonds is 6. The van der Waals surface area contributed by atoms with Gasteiger partial charge in [0.2, 0.25) is 0 Å². The molecule has 194 valence electrons. The zero-order valence-corrected chi connectivity index (χ0v) is 19.8. The summed E-state index contributed by atoms with van der Waals surface area (Å²) in [6, 6.07) is 2.92. The molecule has 14 heteroatoms. The molecule has 1 atom stereocenters. The van der Waals surface area contributed by atoms with E-state index in [1.54, 1.807) is 23.7 Å². The fourth-order valence-electron chi connectivity index (χ4n) is 3.72. The molecular weight excluding hydrogens is 513 g/mol. The Morgan fingerprint density at radius 2 is 2.06 bits per heavy atom. The summed E-state index contributed by atoms with van der Waals surface area (Å²) in [4.78, 5) is 30.3. The monoisotopic (exact) mass is 533 g/mol. The zero-order valence-electron chi connectivity index (χ0n) is 18.9. The zero-order chi connectivity index (χ0) is 26.3. The maximum Gasteiger partial charge on any atom is 0.422 e. The lowest BCUT2D eigenvalue weighted by Crippen LogP contribution is -2.46. The number of carbonyl (C=O) groups excluding carboxylic acids is 2. The number of hydrogen-bond donors (Lipinski definition) is 1. The number of fused-ring (bicyclic) bond motifs is 1. The number of alkyl halides is 5. The van der Waals surface area contributed by atoms with E-state index < -0.39 is 49.8 Å². The third-order valence-corrected chi connectivity index (χ3v) is 6.42. The molecule has 1 saturated heterocycles. The molecule has 1 N–H and O–H groups in total. The molecule has 1 unspecified atom stereocenters. The largest absolute Gasteiger partial charge is 0.488 e. The first-order chi connectivity index (χ1) is 16.8. The highest BCUT2D eigenvalue weighted by atomic mass is 32.1. The van der Waals surface area contributed by atoms with Crippen LogP contribution in [-0.2, 0) is 11.3 Å². The highest BCUT2D eigenvalue weighted by Gasteiger charge is 2.51. The van der Waals surface area contributed by atoms with Crippen LogP contribution in [0.3, 0.4) is 0 Å². The highest BCUT2D eigenvalue weighted by Crippen LogP contribution is 2.32. The number of nitrogens with one attached hydrogen (secondary N) is 1. The summed E-state index contributed by atoms with van der Waals surface area (Å²) in [5, 5.41) is 2.50. The van der Waals surface area contributed by atoms with E-state index in [1.807, 2.05) is 6.92 Å². The minimum atomic E-state index is -4.80. The Hall–Kier alpha value is -3.42. The number of benzene rings is 1. The number of amides is 2. The molecular formula is C22H20F5N3O5S. The van der Waals surface area contributed by atoms with E-state index in [4.69, 9.17) is 9.15 Å². The Kier molecular flexibility index (Phi) is 6.82. The lowest BCUT2D eigenvalue weighted by molar-refractivity contribution is -0.162. The predicted octanol–water partition coefficient (Wildman–Crippen LogP) is 4.83. The number of furan rings is 1. The molecule has 4 rings (SSSR count). The van der Waals surface area contributed by atoms with Gasteiger partial charge < -0.3 is 19.2 Å². The first kappa shape index (κ1) is 25.7. The predicted molar refractivity (Wildman–Crippen MR) is 117 cm³/mol. The standard InChI is InChI=1S/C22H20F5N3O5S/c1-11-16(36-10-28-11)7-33-13-3-4-15-14(5-13)18(12(2)35-15)19(31)29-17-6-30(8-21(17,23)24)20(32)34-9-22(25,26)27/h3-5,10,17H,6-9H2,1-2H3,(H,29,31). The molecule has 1 fully saturated rings. The van der Waals surface area contributed by atoms with Crippen molar-refractivity contribution >= 4 is 34.3 Å². The summed E-state index contributed by atoms with van der Waals surface area (Å²) in [5.41, 5.74) is 2.84. The van der Waals surface area contributed by atoms with Crippen molar-refractivity contribution in [2.45, 2.75) is 38.6 Å². The van der Waals surface area contributed by atoms with Gasteiger partial charge >= 0.3 is 12.3 Å². The van der Waals surface area contributed by atoms with Crippen molar-refractivity contribution in [1.82, 2.24) is 15.2 Å². The Morgan fingerprint density at radius 3 is 2.72 bits per heavy atom. The maximum atomic E-state index is 14.5. The van der Waals surface area contributed by atoms with Crippen LogP contribution in [-0.4, -0.2) is 59.7 Å². The fraction of sp³-hybridized carbons (Fsp3) is 0.409. The molecule has 0 radical (unpaired) electrons. The van der Waals surface area contributed by atoms with Gasteiger partial charge in [-0.1, -0.05) is 0 Å². The van der Waals surface area contributed by atoms with E-state index in [9.17, 15) is 31.5 Å². The second-order valence-electron chi connectivity index (χ2n) is 8.18. The second-order valence-corrected chi connectivity index (χ2v) is 9.12. The van der Waals surface area contributed by atoms with Crippen LogP contribution < -0.4 is 10.1 Å². The second kappa shape index (κ2) is 9.56. The van der Waals surface area contributed by atoms with Crippen LogP contribution in [0.5, 0.6) is 5.75 Å². The fourth-order valence-corrected chi connectivity index (χ4v) is 4.41. The Labute approximate surface area is 205 Å². The Balaban J connectivity index is 1.48. The van der Waals surface area contributed by atoms with Crippen molar-refractivity contribution in [2.24, 2.45) is 0 Å². The minimum absolute atomic E-state index is 0.00156. The van der Waals surface area contributed by atoms with E-state index in [1.165, 1.54) is 18.3 Å². The van der Waals surface area contributed by atoms with E-state index in [-0.39, 0.29) is 17.9 Å². The average Bonchev–Trinajstić information content (AvgIpc) is 3.43. The first-order valence-electron chi connectivity index (χ1n) is 10.6. The average molecular weight is 533 g/mol.